The number of halogens is 2. The van der Waals surface area contributed by atoms with Crippen molar-refractivity contribution >= 4 is 35.0 Å². The predicted octanol–water partition coefficient (Wildman–Crippen LogP) is 5.48. The largest absolute Gasteiger partial charge is 0.366 e. The summed E-state index contributed by atoms with van der Waals surface area (Å²) in [7, 11) is 3.80. The molecule has 0 fully saturated rings. The first-order valence-corrected chi connectivity index (χ1v) is 8.26. The molecule has 0 unspecified atom stereocenters. The molecule has 24 heavy (non-hydrogen) atoms. The van der Waals surface area contributed by atoms with E-state index in [1.807, 2.05) is 51.3 Å². The number of para-hydroxylation sites is 1. The molecule has 2 rings (SSSR count). The molecule has 2 aromatic rings. The second kappa shape index (κ2) is 7.67. The summed E-state index contributed by atoms with van der Waals surface area (Å²) < 4.78 is 14.2. The van der Waals surface area contributed by atoms with Crippen LogP contribution in [-0.4, -0.2) is 31.9 Å². The number of rotatable bonds is 5. The Kier molecular flexibility index (Phi) is 5.84. The molecule has 2 aromatic carbocycles. The van der Waals surface area contributed by atoms with Crippen LogP contribution in [0.2, 0.25) is 5.02 Å². The van der Waals surface area contributed by atoms with E-state index in [1.165, 1.54) is 6.07 Å². The highest BCUT2D eigenvalue weighted by Gasteiger charge is 2.16. The number of hydrogen-bond donors (Lipinski definition) is 0. The van der Waals surface area contributed by atoms with Crippen molar-refractivity contribution in [2.24, 2.45) is 4.99 Å². The van der Waals surface area contributed by atoms with Crippen molar-refractivity contribution in [2.45, 2.75) is 20.8 Å². The van der Waals surface area contributed by atoms with Crippen molar-refractivity contribution in [1.29, 1.82) is 0 Å². The zero-order chi connectivity index (χ0) is 17.9. The highest BCUT2D eigenvalue weighted by Crippen LogP contribution is 2.36. The summed E-state index contributed by atoms with van der Waals surface area (Å²) in [5, 5.41) is 0.390. The van der Waals surface area contributed by atoms with Gasteiger partial charge in [0.05, 0.1) is 22.7 Å². The van der Waals surface area contributed by atoms with Crippen molar-refractivity contribution in [3.05, 3.63) is 52.3 Å². The van der Waals surface area contributed by atoms with Gasteiger partial charge in [0.1, 0.15) is 5.82 Å². The predicted molar refractivity (Wildman–Crippen MR) is 102 cm³/mol. The summed E-state index contributed by atoms with van der Waals surface area (Å²) in [6.45, 7) is 6.95. The van der Waals surface area contributed by atoms with Gasteiger partial charge in [0.15, 0.2) is 0 Å². The number of aryl methyl sites for hydroxylation is 2. The molecule has 3 nitrogen and oxygen atoms in total. The first-order chi connectivity index (χ1) is 11.3. The molecular weight excluding hydrogens is 325 g/mol. The minimum Gasteiger partial charge on any atom is -0.366 e. The summed E-state index contributed by atoms with van der Waals surface area (Å²) in [5.74, 6) is -0.339. The molecule has 0 aliphatic rings. The van der Waals surface area contributed by atoms with E-state index in [4.69, 9.17) is 11.6 Å². The molecule has 0 aliphatic carbocycles. The second-order valence-corrected chi connectivity index (χ2v) is 6.28. The van der Waals surface area contributed by atoms with Gasteiger partial charge in [-0.25, -0.2) is 9.38 Å². The first-order valence-electron chi connectivity index (χ1n) is 7.88. The topological polar surface area (TPSA) is 18.8 Å². The van der Waals surface area contributed by atoms with Crippen LogP contribution in [0.15, 0.2) is 35.3 Å². The Morgan fingerprint density at radius 1 is 1.17 bits per heavy atom. The Balaban J connectivity index is 2.42. The molecule has 0 radical (unpaired) electrons. The van der Waals surface area contributed by atoms with Crippen molar-refractivity contribution in [1.82, 2.24) is 4.90 Å². The molecule has 128 valence electrons. The van der Waals surface area contributed by atoms with E-state index < -0.39 is 0 Å². The molecule has 0 heterocycles. The maximum atomic E-state index is 14.2. The Morgan fingerprint density at radius 3 is 2.50 bits per heavy atom. The molecular formula is C19H23ClFN3. The third-order valence-corrected chi connectivity index (χ3v) is 4.35. The minimum atomic E-state index is -0.339. The lowest BCUT2D eigenvalue weighted by molar-refractivity contribution is 0.552. The number of benzene rings is 2. The number of nitrogens with zero attached hydrogens (tertiary/aromatic N) is 3. The van der Waals surface area contributed by atoms with Gasteiger partial charge in [0.25, 0.3) is 0 Å². The Morgan fingerprint density at radius 2 is 1.88 bits per heavy atom. The fourth-order valence-electron chi connectivity index (χ4n) is 2.46. The highest BCUT2D eigenvalue weighted by atomic mass is 35.5. The van der Waals surface area contributed by atoms with E-state index in [2.05, 4.69) is 11.9 Å². The van der Waals surface area contributed by atoms with Gasteiger partial charge in [0, 0.05) is 26.3 Å². The van der Waals surface area contributed by atoms with Gasteiger partial charge in [-0.2, -0.15) is 0 Å². The van der Waals surface area contributed by atoms with Crippen LogP contribution in [0.3, 0.4) is 0 Å². The highest BCUT2D eigenvalue weighted by molar-refractivity contribution is 6.33. The van der Waals surface area contributed by atoms with Gasteiger partial charge in [0.2, 0.25) is 0 Å². The van der Waals surface area contributed by atoms with Gasteiger partial charge in [-0.15, -0.1) is 0 Å². The number of aliphatic imine (C=N–C) groups is 1. The molecule has 0 spiro atoms. The average Bonchev–Trinajstić information content (AvgIpc) is 2.54. The summed E-state index contributed by atoms with van der Waals surface area (Å²) in [6.07, 6.45) is 1.82. The quantitative estimate of drug-likeness (QED) is 0.527. The molecule has 0 aromatic heterocycles. The van der Waals surface area contributed by atoms with Crippen LogP contribution in [-0.2, 0) is 0 Å². The molecule has 0 saturated heterocycles. The standard InChI is InChI=1S/C19H23ClFN3/c1-6-23(4)12-22-17-10-14(3)18(11-13(17)2)24(5)19-15(20)8-7-9-16(19)21/h7-12H,6H2,1-5H3. The van der Waals surface area contributed by atoms with Crippen LogP contribution < -0.4 is 4.90 Å². The average molecular weight is 348 g/mol. The fraction of sp³-hybridized carbons (Fsp3) is 0.316. The van der Waals surface area contributed by atoms with Crippen LogP contribution in [0.1, 0.15) is 18.1 Å². The van der Waals surface area contributed by atoms with Crippen LogP contribution in [0.25, 0.3) is 0 Å². The third kappa shape index (κ3) is 3.88. The zero-order valence-corrected chi connectivity index (χ0v) is 15.5. The maximum Gasteiger partial charge on any atom is 0.148 e. The molecule has 0 atom stereocenters. The first kappa shape index (κ1) is 18.3. The van der Waals surface area contributed by atoms with Gasteiger partial charge in [-0.1, -0.05) is 17.7 Å². The lowest BCUT2D eigenvalue weighted by atomic mass is 10.1. The summed E-state index contributed by atoms with van der Waals surface area (Å²) in [4.78, 5) is 8.32. The molecule has 0 N–H and O–H groups in total. The second-order valence-electron chi connectivity index (χ2n) is 5.87. The Labute approximate surface area is 148 Å². The normalized spacial score (nSPS) is 11.1. The summed E-state index contributed by atoms with van der Waals surface area (Å²) in [5.41, 5.74) is 4.22. The zero-order valence-electron chi connectivity index (χ0n) is 14.8. The van der Waals surface area contributed by atoms with E-state index in [9.17, 15) is 4.39 Å². The number of hydrogen-bond acceptors (Lipinski definition) is 2. The summed E-state index contributed by atoms with van der Waals surface area (Å²) in [6, 6.07) is 8.73. The Hall–Kier alpha value is -2.07. The van der Waals surface area contributed by atoms with Crippen molar-refractivity contribution in [3.8, 4) is 0 Å². The lowest BCUT2D eigenvalue weighted by Gasteiger charge is -2.24. The molecule has 0 aliphatic heterocycles. The monoisotopic (exact) mass is 347 g/mol. The van der Waals surface area contributed by atoms with Gasteiger partial charge in [-0.05, 0) is 56.2 Å². The third-order valence-electron chi connectivity index (χ3n) is 4.04. The van der Waals surface area contributed by atoms with Crippen molar-refractivity contribution in [3.63, 3.8) is 0 Å². The van der Waals surface area contributed by atoms with Gasteiger partial charge < -0.3 is 9.80 Å². The van der Waals surface area contributed by atoms with Gasteiger partial charge in [-0.3, -0.25) is 0 Å². The van der Waals surface area contributed by atoms with Gasteiger partial charge >= 0.3 is 0 Å². The SMILES string of the molecule is CCN(C)C=Nc1cc(C)c(N(C)c2c(F)cccc2Cl)cc1C. The number of anilines is 2. The smallest absolute Gasteiger partial charge is 0.148 e. The van der Waals surface area contributed by atoms with E-state index in [-0.39, 0.29) is 5.82 Å². The van der Waals surface area contributed by atoms with E-state index in [0.29, 0.717) is 10.7 Å². The van der Waals surface area contributed by atoms with Crippen LogP contribution in [0.4, 0.5) is 21.5 Å². The minimum absolute atomic E-state index is 0.339. The summed E-state index contributed by atoms with van der Waals surface area (Å²) >= 11 is 6.19. The molecule has 0 amide bonds. The van der Waals surface area contributed by atoms with Crippen molar-refractivity contribution in [2.75, 3.05) is 25.5 Å². The molecule has 5 heteroatoms. The van der Waals surface area contributed by atoms with E-state index >= 15 is 0 Å². The van der Waals surface area contributed by atoms with Crippen molar-refractivity contribution < 1.29 is 4.39 Å². The van der Waals surface area contributed by atoms with Crippen LogP contribution >= 0.6 is 11.6 Å². The van der Waals surface area contributed by atoms with E-state index in [0.717, 1.165) is 29.0 Å². The van der Waals surface area contributed by atoms with Crippen LogP contribution in [0.5, 0.6) is 0 Å². The maximum absolute atomic E-state index is 14.2. The molecule has 0 saturated carbocycles. The van der Waals surface area contributed by atoms with Crippen LogP contribution in [0, 0.1) is 19.7 Å². The Bertz CT molecular complexity index is 738. The lowest BCUT2D eigenvalue weighted by Crippen LogP contribution is -2.14. The van der Waals surface area contributed by atoms with E-state index in [1.54, 1.807) is 17.0 Å². The fourth-order valence-corrected chi connectivity index (χ4v) is 2.75. The molecule has 0 bridgehead atoms.